The van der Waals surface area contributed by atoms with Gasteiger partial charge in [0.2, 0.25) is 0 Å². The molecule has 1 N–H and O–H groups in total. The van der Waals surface area contributed by atoms with Crippen LogP contribution in [0.2, 0.25) is 0 Å². The van der Waals surface area contributed by atoms with Crippen LogP contribution in [0.15, 0.2) is 53.7 Å². The number of carbonyl (C=O) groups is 1. The van der Waals surface area contributed by atoms with Crippen LogP contribution in [0.1, 0.15) is 55.7 Å². The lowest BCUT2D eigenvalue weighted by Gasteiger charge is -2.37. The predicted molar refractivity (Wildman–Crippen MR) is 117 cm³/mol. The second kappa shape index (κ2) is 7.90. The number of aryl methyl sites for hydroxylation is 1. The second-order valence-corrected chi connectivity index (χ2v) is 8.55. The Balaban J connectivity index is 1.31. The summed E-state index contributed by atoms with van der Waals surface area (Å²) >= 11 is 0. The number of urea groups is 1. The van der Waals surface area contributed by atoms with Crippen LogP contribution in [0.25, 0.3) is 0 Å². The molecule has 5 heteroatoms. The van der Waals surface area contributed by atoms with Gasteiger partial charge in [-0.25, -0.2) is 4.79 Å². The molecule has 2 aromatic carbocycles. The molecular weight excluding hydrogens is 362 g/mol. The lowest BCUT2D eigenvalue weighted by Crippen LogP contribution is -2.48. The Hall–Kier alpha value is -2.82. The number of likely N-dealkylation sites (tertiary alicyclic amines) is 1. The molecule has 5 nitrogen and oxygen atoms in total. The van der Waals surface area contributed by atoms with E-state index in [-0.39, 0.29) is 11.6 Å². The number of benzene rings is 2. The number of rotatable bonds is 3. The van der Waals surface area contributed by atoms with E-state index < -0.39 is 0 Å². The molecule has 29 heavy (non-hydrogen) atoms. The van der Waals surface area contributed by atoms with Crippen LogP contribution in [-0.4, -0.2) is 35.3 Å². The highest BCUT2D eigenvalue weighted by atomic mass is 16.7. The average Bonchev–Trinajstić information content (AvgIpc) is 3.13. The van der Waals surface area contributed by atoms with E-state index in [2.05, 4.69) is 67.6 Å². The van der Waals surface area contributed by atoms with Gasteiger partial charge in [0.15, 0.2) is 0 Å². The minimum Gasteiger partial charge on any atom is -0.388 e. The normalized spacial score (nSPS) is 17.9. The van der Waals surface area contributed by atoms with Gasteiger partial charge in [-0.3, -0.25) is 0 Å². The van der Waals surface area contributed by atoms with Crippen LogP contribution in [-0.2, 0) is 4.84 Å². The zero-order valence-corrected chi connectivity index (χ0v) is 17.4. The monoisotopic (exact) mass is 391 g/mol. The van der Waals surface area contributed by atoms with Gasteiger partial charge in [0, 0.05) is 38.0 Å². The largest absolute Gasteiger partial charge is 0.388 e. The summed E-state index contributed by atoms with van der Waals surface area (Å²) in [6.07, 6.45) is 2.40. The van der Waals surface area contributed by atoms with Gasteiger partial charge in [0.25, 0.3) is 0 Å². The molecule has 0 bridgehead atoms. The molecule has 0 atom stereocenters. The van der Waals surface area contributed by atoms with Crippen molar-refractivity contribution in [1.82, 2.24) is 4.90 Å². The van der Waals surface area contributed by atoms with Crippen LogP contribution in [0, 0.1) is 6.92 Å². The van der Waals surface area contributed by atoms with E-state index in [4.69, 9.17) is 4.84 Å². The average molecular weight is 392 g/mol. The van der Waals surface area contributed by atoms with E-state index >= 15 is 0 Å². The van der Waals surface area contributed by atoms with E-state index in [1.54, 1.807) is 0 Å². The maximum atomic E-state index is 12.7. The van der Waals surface area contributed by atoms with Gasteiger partial charge in [-0.05, 0) is 36.1 Å². The Kier molecular flexibility index (Phi) is 5.31. The van der Waals surface area contributed by atoms with E-state index in [0.29, 0.717) is 19.0 Å². The molecule has 152 valence electrons. The van der Waals surface area contributed by atoms with Crippen LogP contribution in [0.5, 0.6) is 0 Å². The molecule has 0 saturated carbocycles. The smallest absolute Gasteiger partial charge is 0.321 e. The minimum absolute atomic E-state index is 0.0465. The van der Waals surface area contributed by atoms with Crippen molar-refractivity contribution < 1.29 is 9.63 Å². The molecule has 1 saturated heterocycles. The summed E-state index contributed by atoms with van der Waals surface area (Å²) in [6.45, 7) is 7.75. The third kappa shape index (κ3) is 4.29. The Labute approximate surface area is 172 Å². The molecule has 2 aliphatic heterocycles. The standard InChI is InChI=1S/C24H29N3O2/c1-17(2)19-8-10-21(11-9-19)25-23(28)27-14-12-24(13-15-27)16-22(26-29-24)20-6-4-18(3)5-7-20/h4-11,17H,12-16H2,1-3H3,(H,25,28). The molecule has 2 aliphatic rings. The van der Waals surface area contributed by atoms with Crippen LogP contribution >= 0.6 is 0 Å². The number of hydrogen-bond acceptors (Lipinski definition) is 3. The Bertz CT molecular complexity index is 893. The summed E-state index contributed by atoms with van der Waals surface area (Å²) in [4.78, 5) is 20.4. The van der Waals surface area contributed by atoms with Crippen molar-refractivity contribution in [2.45, 2.75) is 51.6 Å². The van der Waals surface area contributed by atoms with E-state index in [1.165, 1.54) is 11.1 Å². The number of carbonyl (C=O) groups excluding carboxylic acids is 1. The van der Waals surface area contributed by atoms with E-state index in [0.717, 1.165) is 36.2 Å². The number of oxime groups is 1. The van der Waals surface area contributed by atoms with Crippen molar-refractivity contribution in [3.8, 4) is 0 Å². The van der Waals surface area contributed by atoms with Crippen molar-refractivity contribution in [3.63, 3.8) is 0 Å². The fraction of sp³-hybridized carbons (Fsp3) is 0.417. The van der Waals surface area contributed by atoms with Gasteiger partial charge in [0.1, 0.15) is 5.60 Å². The van der Waals surface area contributed by atoms with E-state index in [9.17, 15) is 4.79 Å². The highest BCUT2D eigenvalue weighted by Crippen LogP contribution is 2.36. The molecule has 1 fully saturated rings. The van der Waals surface area contributed by atoms with Crippen LogP contribution < -0.4 is 5.32 Å². The summed E-state index contributed by atoms with van der Waals surface area (Å²) in [5.41, 5.74) is 5.20. The predicted octanol–water partition coefficient (Wildman–Crippen LogP) is 5.31. The number of hydrogen-bond donors (Lipinski definition) is 1. The van der Waals surface area contributed by atoms with Crippen molar-refractivity contribution in [1.29, 1.82) is 0 Å². The first-order valence-electron chi connectivity index (χ1n) is 10.4. The number of anilines is 1. The lowest BCUT2D eigenvalue weighted by atomic mass is 9.85. The summed E-state index contributed by atoms with van der Waals surface area (Å²) in [6, 6.07) is 16.4. The highest BCUT2D eigenvalue weighted by Gasteiger charge is 2.43. The first-order chi connectivity index (χ1) is 13.9. The van der Waals surface area contributed by atoms with Gasteiger partial charge in [0.05, 0.1) is 5.71 Å². The molecule has 2 amide bonds. The molecule has 4 rings (SSSR count). The van der Waals surface area contributed by atoms with Crippen molar-refractivity contribution in [2.24, 2.45) is 5.16 Å². The first kappa shape index (κ1) is 19.5. The molecule has 1 spiro atoms. The maximum absolute atomic E-state index is 12.7. The van der Waals surface area contributed by atoms with Gasteiger partial charge in [-0.1, -0.05) is 61.0 Å². The Morgan fingerprint density at radius 1 is 1.07 bits per heavy atom. The molecule has 0 aliphatic carbocycles. The number of amides is 2. The fourth-order valence-corrected chi connectivity index (χ4v) is 3.96. The summed E-state index contributed by atoms with van der Waals surface area (Å²) in [5.74, 6) is 0.483. The lowest BCUT2D eigenvalue weighted by molar-refractivity contribution is -0.0544. The first-order valence-corrected chi connectivity index (χ1v) is 10.4. The Morgan fingerprint density at radius 3 is 2.34 bits per heavy atom. The fourth-order valence-electron chi connectivity index (χ4n) is 3.96. The zero-order valence-electron chi connectivity index (χ0n) is 17.4. The highest BCUT2D eigenvalue weighted by molar-refractivity contribution is 6.01. The molecule has 2 heterocycles. The molecule has 0 unspecified atom stereocenters. The van der Waals surface area contributed by atoms with Crippen LogP contribution in [0.4, 0.5) is 10.5 Å². The van der Waals surface area contributed by atoms with Gasteiger partial charge >= 0.3 is 6.03 Å². The third-order valence-electron chi connectivity index (χ3n) is 6.01. The molecular formula is C24H29N3O2. The van der Waals surface area contributed by atoms with E-state index in [1.807, 2.05) is 17.0 Å². The summed E-state index contributed by atoms with van der Waals surface area (Å²) in [7, 11) is 0. The number of nitrogens with one attached hydrogen (secondary N) is 1. The summed E-state index contributed by atoms with van der Waals surface area (Å²) < 4.78 is 0. The number of nitrogens with zero attached hydrogens (tertiary/aromatic N) is 2. The quantitative estimate of drug-likeness (QED) is 0.771. The van der Waals surface area contributed by atoms with Crippen molar-refractivity contribution >= 4 is 17.4 Å². The second-order valence-electron chi connectivity index (χ2n) is 8.55. The van der Waals surface area contributed by atoms with Gasteiger partial charge in [-0.2, -0.15) is 0 Å². The van der Waals surface area contributed by atoms with Gasteiger partial charge in [-0.15, -0.1) is 0 Å². The molecule has 2 aromatic rings. The topological polar surface area (TPSA) is 53.9 Å². The maximum Gasteiger partial charge on any atom is 0.321 e. The van der Waals surface area contributed by atoms with Crippen molar-refractivity contribution in [2.75, 3.05) is 18.4 Å². The third-order valence-corrected chi connectivity index (χ3v) is 6.01. The summed E-state index contributed by atoms with van der Waals surface area (Å²) in [5, 5.41) is 7.38. The zero-order chi connectivity index (χ0) is 20.4. The molecule has 0 radical (unpaired) electrons. The molecule has 0 aromatic heterocycles. The SMILES string of the molecule is Cc1ccc(C2=NOC3(CCN(C(=O)Nc4ccc(C(C)C)cc4)CC3)C2)cc1. The van der Waals surface area contributed by atoms with Gasteiger partial charge < -0.3 is 15.1 Å². The minimum atomic E-state index is -0.268. The van der Waals surface area contributed by atoms with Crippen LogP contribution in [0.3, 0.4) is 0 Å². The Morgan fingerprint density at radius 2 is 1.72 bits per heavy atom. The number of piperidine rings is 1. The van der Waals surface area contributed by atoms with Crippen molar-refractivity contribution in [3.05, 3.63) is 65.2 Å².